The molecule has 0 aliphatic heterocycles. The van der Waals surface area contributed by atoms with Crippen LogP contribution in [0, 0.1) is 0 Å². The van der Waals surface area contributed by atoms with Gasteiger partial charge in [0.2, 0.25) is 0 Å². The minimum atomic E-state index is -1.79. The lowest BCUT2D eigenvalue weighted by Gasteiger charge is -2.23. The molecule has 3 heterocycles. The van der Waals surface area contributed by atoms with E-state index < -0.39 is 5.30 Å². The predicted octanol–water partition coefficient (Wildman–Crippen LogP) is 1.78. The number of hydrogen-bond acceptors (Lipinski definition) is 5. The molecule has 0 atom stereocenters. The Morgan fingerprint density at radius 2 is 1.87 bits per heavy atom. The largest absolute Gasteiger partial charge is 0.516 e. The van der Waals surface area contributed by atoms with Crippen LogP contribution in [0.5, 0.6) is 5.75 Å². The molecule has 1 N–H and O–H groups in total. The summed E-state index contributed by atoms with van der Waals surface area (Å²) in [5.74, 6) is 0.387. The van der Waals surface area contributed by atoms with Crippen molar-refractivity contribution in [1.29, 1.82) is 0 Å². The van der Waals surface area contributed by atoms with Crippen molar-refractivity contribution >= 4 is 46.2 Å². The van der Waals surface area contributed by atoms with Crippen molar-refractivity contribution in [2.24, 2.45) is 7.05 Å². The molecular formula is C20H14B3N5O2. The molecular weight excluding hydrogens is 375 g/mol. The molecule has 0 unspecified atom stereocenters. The summed E-state index contributed by atoms with van der Waals surface area (Å²) < 4.78 is 7.01. The zero-order valence-corrected chi connectivity index (χ0v) is 16.1. The van der Waals surface area contributed by atoms with E-state index in [9.17, 15) is 4.79 Å². The quantitative estimate of drug-likeness (QED) is 0.527. The van der Waals surface area contributed by atoms with E-state index in [1.54, 1.807) is 49.1 Å². The van der Waals surface area contributed by atoms with E-state index in [1.807, 2.05) is 23.7 Å². The average Bonchev–Trinajstić information content (AvgIpc) is 3.12. The molecule has 0 saturated carbocycles. The van der Waals surface area contributed by atoms with Gasteiger partial charge in [-0.15, -0.1) is 0 Å². The first-order valence-corrected chi connectivity index (χ1v) is 8.99. The number of anilines is 1. The number of nitrogens with one attached hydrogen (secondary N) is 1. The Morgan fingerprint density at radius 1 is 1.10 bits per heavy atom. The van der Waals surface area contributed by atoms with Crippen LogP contribution in [0.2, 0.25) is 0 Å². The van der Waals surface area contributed by atoms with E-state index >= 15 is 0 Å². The van der Waals surface area contributed by atoms with Gasteiger partial charge in [0.25, 0.3) is 5.91 Å². The molecule has 3 aromatic heterocycles. The summed E-state index contributed by atoms with van der Waals surface area (Å²) in [6, 6.07) is 11.8. The number of pyridine rings is 2. The Labute approximate surface area is 177 Å². The van der Waals surface area contributed by atoms with E-state index in [1.165, 1.54) is 0 Å². The highest BCUT2D eigenvalue weighted by Gasteiger charge is 2.13. The lowest BCUT2D eigenvalue weighted by atomic mass is 9.52. The molecule has 0 aliphatic carbocycles. The average molecular weight is 389 g/mol. The maximum Gasteiger partial charge on any atom is 0.256 e. The highest BCUT2D eigenvalue weighted by atomic mass is 16.5. The van der Waals surface area contributed by atoms with Crippen LogP contribution in [0.3, 0.4) is 0 Å². The molecule has 30 heavy (non-hydrogen) atoms. The maximum atomic E-state index is 12.5. The van der Waals surface area contributed by atoms with Gasteiger partial charge in [-0.05, 0) is 41.7 Å². The Hall–Kier alpha value is -3.55. The van der Waals surface area contributed by atoms with E-state index in [0.29, 0.717) is 22.6 Å². The van der Waals surface area contributed by atoms with Gasteiger partial charge >= 0.3 is 0 Å². The number of amides is 1. The van der Waals surface area contributed by atoms with Crippen LogP contribution in [0.25, 0.3) is 22.3 Å². The molecule has 6 radical (unpaired) electrons. The standard InChI is InChI=1S/C20H14B3N5O2/c1-28-11-24-10-17(28)15-7-4-13-9-25-18(8-16(13)26-15)27-19(29)12-2-5-14(6-3-12)30-20(21,22)23/h2-11H,1H3,(H,25,27,29). The minimum Gasteiger partial charge on any atom is -0.516 e. The topological polar surface area (TPSA) is 81.9 Å². The van der Waals surface area contributed by atoms with Gasteiger partial charge in [-0.3, -0.25) is 4.79 Å². The monoisotopic (exact) mass is 389 g/mol. The molecule has 7 nitrogen and oxygen atoms in total. The fourth-order valence-corrected chi connectivity index (χ4v) is 2.90. The first-order valence-electron chi connectivity index (χ1n) is 8.99. The Bertz CT molecular complexity index is 1220. The number of benzene rings is 1. The van der Waals surface area contributed by atoms with Gasteiger partial charge in [-0.1, -0.05) is 0 Å². The second-order valence-corrected chi connectivity index (χ2v) is 6.78. The number of aryl methyl sites for hydroxylation is 1. The Morgan fingerprint density at radius 3 is 2.53 bits per heavy atom. The third-order valence-electron chi connectivity index (χ3n) is 4.31. The van der Waals surface area contributed by atoms with E-state index in [0.717, 1.165) is 16.8 Å². The Kier molecular flexibility index (Phi) is 5.07. The summed E-state index contributed by atoms with van der Waals surface area (Å²) in [6.07, 6.45) is 5.12. The second kappa shape index (κ2) is 7.70. The summed E-state index contributed by atoms with van der Waals surface area (Å²) >= 11 is 0. The molecule has 0 spiro atoms. The van der Waals surface area contributed by atoms with Gasteiger partial charge in [0.05, 0.1) is 29.4 Å². The smallest absolute Gasteiger partial charge is 0.256 e. The van der Waals surface area contributed by atoms with E-state index in [2.05, 4.69) is 20.3 Å². The molecule has 0 aliphatic rings. The molecule has 10 heteroatoms. The lowest BCUT2D eigenvalue weighted by Crippen LogP contribution is -2.37. The number of ether oxygens (including phenoxy) is 1. The van der Waals surface area contributed by atoms with Crippen molar-refractivity contribution in [2.45, 2.75) is 5.30 Å². The molecule has 0 fully saturated rings. The van der Waals surface area contributed by atoms with Gasteiger partial charge in [0.1, 0.15) is 35.1 Å². The second-order valence-electron chi connectivity index (χ2n) is 6.78. The number of imidazole rings is 1. The van der Waals surface area contributed by atoms with Gasteiger partial charge in [0.15, 0.2) is 0 Å². The first kappa shape index (κ1) is 19.8. The van der Waals surface area contributed by atoms with Crippen LogP contribution < -0.4 is 10.1 Å². The molecule has 4 aromatic rings. The summed E-state index contributed by atoms with van der Waals surface area (Å²) in [4.78, 5) is 25.6. The van der Waals surface area contributed by atoms with Gasteiger partial charge < -0.3 is 14.6 Å². The van der Waals surface area contributed by atoms with Crippen molar-refractivity contribution < 1.29 is 9.53 Å². The van der Waals surface area contributed by atoms with Gasteiger partial charge in [-0.2, -0.15) is 0 Å². The van der Waals surface area contributed by atoms with Crippen LogP contribution in [-0.4, -0.2) is 54.3 Å². The van der Waals surface area contributed by atoms with Crippen molar-refractivity contribution in [3.05, 3.63) is 66.7 Å². The summed E-state index contributed by atoms with van der Waals surface area (Å²) in [5.41, 5.74) is 2.76. The third kappa shape index (κ3) is 4.37. The third-order valence-corrected chi connectivity index (χ3v) is 4.31. The molecule has 1 amide bonds. The molecule has 1 aromatic carbocycles. The fourth-order valence-electron chi connectivity index (χ4n) is 2.90. The summed E-state index contributed by atoms with van der Waals surface area (Å²) in [6.45, 7) is 0. The number of hydrogen-bond donors (Lipinski definition) is 1. The van der Waals surface area contributed by atoms with Gasteiger partial charge in [-0.25, -0.2) is 15.0 Å². The van der Waals surface area contributed by atoms with Crippen LogP contribution in [-0.2, 0) is 7.05 Å². The maximum absolute atomic E-state index is 12.5. The number of carbonyl (C=O) groups is 1. The van der Waals surface area contributed by atoms with E-state index in [-0.39, 0.29) is 5.91 Å². The number of carbonyl (C=O) groups excluding carboxylic acids is 1. The highest BCUT2D eigenvalue weighted by molar-refractivity contribution is 6.58. The molecule has 0 bridgehead atoms. The van der Waals surface area contributed by atoms with Gasteiger partial charge in [0, 0.05) is 30.3 Å². The summed E-state index contributed by atoms with van der Waals surface area (Å²) in [5, 5.41) is 1.83. The fraction of sp³-hybridized carbons (Fsp3) is 0.100. The number of rotatable bonds is 5. The van der Waals surface area contributed by atoms with Crippen LogP contribution in [0.15, 0.2) is 61.2 Å². The number of aromatic nitrogens is 4. The first-order chi connectivity index (χ1) is 14.3. The highest BCUT2D eigenvalue weighted by Crippen LogP contribution is 2.22. The minimum absolute atomic E-state index is 0.337. The summed E-state index contributed by atoms with van der Waals surface area (Å²) in [7, 11) is 18.1. The van der Waals surface area contributed by atoms with Crippen LogP contribution in [0.1, 0.15) is 10.4 Å². The van der Waals surface area contributed by atoms with Crippen molar-refractivity contribution in [3.8, 4) is 17.1 Å². The molecule has 4 rings (SSSR count). The zero-order chi connectivity index (χ0) is 21.3. The van der Waals surface area contributed by atoms with Crippen molar-refractivity contribution in [3.63, 3.8) is 0 Å². The van der Waals surface area contributed by atoms with E-state index in [4.69, 9.17) is 28.3 Å². The normalized spacial score (nSPS) is 11.4. The van der Waals surface area contributed by atoms with Crippen molar-refractivity contribution in [2.75, 3.05) is 5.32 Å². The molecule has 140 valence electrons. The predicted molar refractivity (Wildman–Crippen MR) is 117 cm³/mol. The zero-order valence-electron chi connectivity index (χ0n) is 16.1. The van der Waals surface area contributed by atoms with Crippen LogP contribution >= 0.6 is 0 Å². The Balaban J connectivity index is 1.54. The van der Waals surface area contributed by atoms with Crippen molar-refractivity contribution in [1.82, 2.24) is 19.5 Å². The molecule has 0 saturated heterocycles. The van der Waals surface area contributed by atoms with Crippen LogP contribution in [0.4, 0.5) is 5.82 Å². The SMILES string of the molecule is [B]C([B])([B])Oc1ccc(C(=O)Nc2cc3nc(-c4cncn4C)ccc3cn2)cc1. The lowest BCUT2D eigenvalue weighted by molar-refractivity contribution is 0.102. The number of nitrogens with zero attached hydrogens (tertiary/aromatic N) is 4. The number of fused-ring (bicyclic) bond motifs is 1.